The number of nitrogens with zero attached hydrogens (tertiary/aromatic N) is 1. The van der Waals surface area contributed by atoms with Gasteiger partial charge in [-0.1, -0.05) is 12.8 Å². The second-order valence-electron chi connectivity index (χ2n) is 4.33. The van der Waals surface area contributed by atoms with E-state index in [1.807, 2.05) is 0 Å². The van der Waals surface area contributed by atoms with Gasteiger partial charge in [0.25, 0.3) is 5.91 Å². The third-order valence-electron chi connectivity index (χ3n) is 2.71. The van der Waals surface area contributed by atoms with Crippen molar-refractivity contribution in [2.75, 3.05) is 6.54 Å². The molecule has 0 aliphatic heterocycles. The maximum Gasteiger partial charge on any atom is 0.321 e. The Morgan fingerprint density at radius 3 is 2.55 bits per heavy atom. The van der Waals surface area contributed by atoms with Crippen molar-refractivity contribution in [3.8, 4) is 0 Å². The highest BCUT2D eigenvalue weighted by molar-refractivity contribution is 5.92. The standard InChI is InChI=1S/C12H17N3O5/c16-11(17)5-3-1-2-4-8-13-12(18)9-6-7-10(14-9)15(19)20/h6-7,14H,1-5,8H2,(H,13,18)(H,16,17). The molecule has 8 nitrogen and oxygen atoms in total. The van der Waals surface area contributed by atoms with E-state index in [1.54, 1.807) is 0 Å². The van der Waals surface area contributed by atoms with E-state index in [0.29, 0.717) is 13.0 Å². The second kappa shape index (κ2) is 7.93. The number of carbonyl (C=O) groups excluding carboxylic acids is 1. The Morgan fingerprint density at radius 2 is 1.95 bits per heavy atom. The zero-order valence-corrected chi connectivity index (χ0v) is 10.9. The van der Waals surface area contributed by atoms with Crippen LogP contribution >= 0.6 is 0 Å². The number of rotatable bonds is 9. The van der Waals surface area contributed by atoms with E-state index < -0.39 is 10.9 Å². The number of carbonyl (C=O) groups is 2. The van der Waals surface area contributed by atoms with E-state index in [9.17, 15) is 19.7 Å². The number of hydrogen-bond acceptors (Lipinski definition) is 4. The molecule has 20 heavy (non-hydrogen) atoms. The number of carboxylic acids is 1. The lowest BCUT2D eigenvalue weighted by molar-refractivity contribution is -0.389. The van der Waals surface area contributed by atoms with Gasteiger partial charge in [-0.05, 0) is 23.8 Å². The van der Waals surface area contributed by atoms with Gasteiger partial charge in [-0.3, -0.25) is 9.59 Å². The van der Waals surface area contributed by atoms with Crippen LogP contribution in [0.15, 0.2) is 12.1 Å². The maximum absolute atomic E-state index is 11.6. The second-order valence-corrected chi connectivity index (χ2v) is 4.33. The summed E-state index contributed by atoms with van der Waals surface area (Å²) in [6, 6.07) is 2.60. The minimum atomic E-state index is -0.799. The first-order valence-electron chi connectivity index (χ1n) is 6.34. The van der Waals surface area contributed by atoms with E-state index in [0.717, 1.165) is 19.3 Å². The Kier molecular flexibility index (Phi) is 6.21. The molecule has 0 saturated heterocycles. The van der Waals surface area contributed by atoms with Crippen molar-refractivity contribution in [3.63, 3.8) is 0 Å². The normalized spacial score (nSPS) is 10.2. The molecule has 3 N–H and O–H groups in total. The van der Waals surface area contributed by atoms with Gasteiger partial charge >= 0.3 is 11.8 Å². The molecule has 0 aliphatic carbocycles. The summed E-state index contributed by atoms with van der Waals surface area (Å²) in [4.78, 5) is 34.1. The molecule has 110 valence electrons. The summed E-state index contributed by atoms with van der Waals surface area (Å²) in [7, 11) is 0. The Bertz CT molecular complexity index is 483. The predicted octanol–water partition coefficient (Wildman–Crippen LogP) is 1.69. The van der Waals surface area contributed by atoms with Gasteiger partial charge in [-0.15, -0.1) is 0 Å². The molecule has 0 saturated carbocycles. The van der Waals surface area contributed by atoms with Crippen molar-refractivity contribution in [2.24, 2.45) is 0 Å². The lowest BCUT2D eigenvalue weighted by atomic mass is 10.1. The quantitative estimate of drug-likeness (QED) is 0.361. The van der Waals surface area contributed by atoms with Gasteiger partial charge in [0.2, 0.25) is 0 Å². The molecule has 1 heterocycles. The summed E-state index contributed by atoms with van der Waals surface area (Å²) in [6.07, 6.45) is 3.17. The third-order valence-corrected chi connectivity index (χ3v) is 2.71. The van der Waals surface area contributed by atoms with Crippen molar-refractivity contribution < 1.29 is 19.6 Å². The number of amides is 1. The van der Waals surface area contributed by atoms with Crippen molar-refractivity contribution in [3.05, 3.63) is 27.9 Å². The molecule has 0 bridgehead atoms. The van der Waals surface area contributed by atoms with Crippen LogP contribution < -0.4 is 5.32 Å². The highest BCUT2D eigenvalue weighted by Gasteiger charge is 2.14. The van der Waals surface area contributed by atoms with Gasteiger partial charge in [0.1, 0.15) is 0 Å². The van der Waals surface area contributed by atoms with Crippen LogP contribution in [0.5, 0.6) is 0 Å². The molecule has 0 radical (unpaired) electrons. The number of aromatic amines is 1. The molecule has 0 aromatic carbocycles. The van der Waals surface area contributed by atoms with E-state index >= 15 is 0 Å². The molecule has 8 heteroatoms. The largest absolute Gasteiger partial charge is 0.481 e. The first-order valence-corrected chi connectivity index (χ1v) is 6.34. The molecular formula is C12H17N3O5. The Balaban J connectivity index is 2.16. The summed E-state index contributed by atoms with van der Waals surface area (Å²) in [6.45, 7) is 0.457. The van der Waals surface area contributed by atoms with Crippen LogP contribution in [0.4, 0.5) is 5.82 Å². The van der Waals surface area contributed by atoms with Gasteiger partial charge in [-0.25, -0.2) is 4.98 Å². The Labute approximate surface area is 115 Å². The third kappa shape index (κ3) is 5.51. The smallest absolute Gasteiger partial charge is 0.321 e. The first kappa shape index (κ1) is 15.7. The van der Waals surface area contributed by atoms with Crippen LogP contribution in [0, 0.1) is 10.1 Å². The molecule has 1 aromatic heterocycles. The number of aromatic nitrogens is 1. The number of nitro groups is 1. The summed E-state index contributed by atoms with van der Waals surface area (Å²) < 4.78 is 0. The van der Waals surface area contributed by atoms with Crippen LogP contribution in [0.3, 0.4) is 0 Å². The average molecular weight is 283 g/mol. The van der Waals surface area contributed by atoms with Gasteiger partial charge in [0.05, 0.1) is 0 Å². The summed E-state index contributed by atoms with van der Waals surface area (Å²) in [5, 5.41) is 21.5. The van der Waals surface area contributed by atoms with Crippen LogP contribution in [0.2, 0.25) is 0 Å². The van der Waals surface area contributed by atoms with Crippen LogP contribution in [-0.4, -0.2) is 33.4 Å². The molecule has 0 atom stereocenters. The van der Waals surface area contributed by atoms with Gasteiger partial charge < -0.3 is 20.5 Å². The highest BCUT2D eigenvalue weighted by atomic mass is 16.6. The maximum atomic E-state index is 11.6. The fraction of sp³-hybridized carbons (Fsp3) is 0.500. The Hall–Kier alpha value is -2.38. The molecule has 0 spiro atoms. The topological polar surface area (TPSA) is 125 Å². The zero-order valence-electron chi connectivity index (χ0n) is 10.9. The number of aliphatic carboxylic acids is 1. The molecular weight excluding hydrogens is 266 g/mol. The van der Waals surface area contributed by atoms with E-state index in [1.165, 1.54) is 12.1 Å². The molecule has 0 fully saturated rings. The molecule has 1 aromatic rings. The first-order chi connectivity index (χ1) is 9.50. The monoisotopic (exact) mass is 283 g/mol. The van der Waals surface area contributed by atoms with Crippen molar-refractivity contribution in [1.29, 1.82) is 0 Å². The fourth-order valence-electron chi connectivity index (χ4n) is 1.67. The van der Waals surface area contributed by atoms with Crippen LogP contribution in [0.1, 0.15) is 42.6 Å². The number of unbranched alkanes of at least 4 members (excludes halogenated alkanes) is 3. The molecule has 1 amide bonds. The number of carboxylic acid groups (broad SMARTS) is 1. The van der Waals surface area contributed by atoms with E-state index in [4.69, 9.17) is 5.11 Å². The lowest BCUT2D eigenvalue weighted by Crippen LogP contribution is -2.24. The minimum Gasteiger partial charge on any atom is -0.481 e. The van der Waals surface area contributed by atoms with Gasteiger partial charge in [0, 0.05) is 19.0 Å². The summed E-state index contributed by atoms with van der Waals surface area (Å²) >= 11 is 0. The lowest BCUT2D eigenvalue weighted by Gasteiger charge is -2.02. The number of hydrogen-bond donors (Lipinski definition) is 3. The van der Waals surface area contributed by atoms with Crippen molar-refractivity contribution in [2.45, 2.75) is 32.1 Å². The number of H-pyrrole nitrogens is 1. The van der Waals surface area contributed by atoms with E-state index in [2.05, 4.69) is 10.3 Å². The highest BCUT2D eigenvalue weighted by Crippen LogP contribution is 2.09. The summed E-state index contributed by atoms with van der Waals surface area (Å²) in [5.41, 5.74) is 0.155. The summed E-state index contributed by atoms with van der Waals surface area (Å²) in [5.74, 6) is -1.40. The van der Waals surface area contributed by atoms with Crippen LogP contribution in [0.25, 0.3) is 0 Å². The fourth-order valence-corrected chi connectivity index (χ4v) is 1.67. The van der Waals surface area contributed by atoms with Gasteiger partial charge in [0.15, 0.2) is 5.69 Å². The van der Waals surface area contributed by atoms with Gasteiger partial charge in [-0.2, -0.15) is 0 Å². The minimum absolute atomic E-state index is 0.155. The van der Waals surface area contributed by atoms with E-state index in [-0.39, 0.29) is 23.8 Å². The SMILES string of the molecule is O=C(O)CCCCCCNC(=O)c1ccc([N+](=O)[O-])[nH]1. The van der Waals surface area contributed by atoms with Crippen LogP contribution in [-0.2, 0) is 4.79 Å². The average Bonchev–Trinajstić information content (AvgIpc) is 2.86. The Morgan fingerprint density at radius 1 is 1.25 bits per heavy atom. The zero-order chi connectivity index (χ0) is 15.0. The van der Waals surface area contributed by atoms with Crippen molar-refractivity contribution >= 4 is 17.7 Å². The molecule has 0 unspecified atom stereocenters. The molecule has 1 rings (SSSR count). The predicted molar refractivity (Wildman–Crippen MR) is 70.5 cm³/mol. The van der Waals surface area contributed by atoms with Crippen molar-refractivity contribution in [1.82, 2.24) is 10.3 Å². The number of nitrogens with one attached hydrogen (secondary N) is 2. The molecule has 0 aliphatic rings.